The summed E-state index contributed by atoms with van der Waals surface area (Å²) >= 11 is 11.6. The standard InChI is InChI=1S/C12H9Cl2N3O3/c1-5-9(11(19)17-12(20)16-5)15-4-6-2-7(13)3-8(14)10(6)18/h2-4,18H,1H3,(H2,16,17,19,20). The van der Waals surface area contributed by atoms with Crippen LogP contribution < -0.4 is 11.2 Å². The Bertz CT molecular complexity index is 809. The summed E-state index contributed by atoms with van der Waals surface area (Å²) in [5, 5.41) is 10.2. The third-order valence-electron chi connectivity index (χ3n) is 2.49. The van der Waals surface area contributed by atoms with Crippen LogP contribution in [0, 0.1) is 6.92 Å². The van der Waals surface area contributed by atoms with Gasteiger partial charge < -0.3 is 10.1 Å². The van der Waals surface area contributed by atoms with Gasteiger partial charge in [0, 0.05) is 22.5 Å². The summed E-state index contributed by atoms with van der Waals surface area (Å²) in [6.07, 6.45) is 1.24. The molecular formula is C12H9Cl2N3O3. The minimum atomic E-state index is -0.630. The van der Waals surface area contributed by atoms with Gasteiger partial charge in [0.1, 0.15) is 11.4 Å². The Morgan fingerprint density at radius 2 is 1.95 bits per heavy atom. The molecule has 0 bridgehead atoms. The molecule has 2 aromatic rings. The van der Waals surface area contributed by atoms with Crippen molar-refractivity contribution < 1.29 is 5.11 Å². The van der Waals surface area contributed by atoms with E-state index >= 15 is 0 Å². The van der Waals surface area contributed by atoms with E-state index in [4.69, 9.17) is 23.2 Å². The highest BCUT2D eigenvalue weighted by Crippen LogP contribution is 2.30. The van der Waals surface area contributed by atoms with Crippen molar-refractivity contribution in [3.05, 3.63) is 54.3 Å². The molecule has 2 rings (SSSR count). The minimum absolute atomic E-state index is 0.0279. The number of benzene rings is 1. The number of nitrogens with zero attached hydrogens (tertiary/aromatic N) is 1. The van der Waals surface area contributed by atoms with Crippen molar-refractivity contribution in [2.24, 2.45) is 4.99 Å². The molecular weight excluding hydrogens is 305 g/mol. The van der Waals surface area contributed by atoms with Gasteiger partial charge in [-0.25, -0.2) is 9.79 Å². The van der Waals surface area contributed by atoms with E-state index in [-0.39, 0.29) is 22.0 Å². The van der Waals surface area contributed by atoms with Crippen LogP contribution in [0.15, 0.2) is 26.7 Å². The Kier molecular flexibility index (Phi) is 3.96. The van der Waals surface area contributed by atoms with Crippen molar-refractivity contribution in [2.45, 2.75) is 6.92 Å². The third kappa shape index (κ3) is 2.92. The molecule has 1 heterocycles. The van der Waals surface area contributed by atoms with E-state index in [2.05, 4.69) is 15.0 Å². The summed E-state index contributed by atoms with van der Waals surface area (Å²) in [5.74, 6) is -0.196. The largest absolute Gasteiger partial charge is 0.506 e. The summed E-state index contributed by atoms with van der Waals surface area (Å²) in [4.78, 5) is 31.1. The molecule has 0 saturated heterocycles. The van der Waals surface area contributed by atoms with Gasteiger partial charge in [0.15, 0.2) is 0 Å². The monoisotopic (exact) mass is 313 g/mol. The van der Waals surface area contributed by atoms with E-state index < -0.39 is 11.2 Å². The number of H-pyrrole nitrogens is 2. The van der Waals surface area contributed by atoms with Crippen LogP contribution in [0.5, 0.6) is 5.75 Å². The summed E-state index contributed by atoms with van der Waals surface area (Å²) < 4.78 is 0. The van der Waals surface area contributed by atoms with Gasteiger partial charge in [0.2, 0.25) is 0 Å². The Morgan fingerprint density at radius 3 is 2.60 bits per heavy atom. The number of hydrogen-bond donors (Lipinski definition) is 3. The van der Waals surface area contributed by atoms with E-state index in [1.165, 1.54) is 25.3 Å². The number of aromatic nitrogens is 2. The first-order valence-electron chi connectivity index (χ1n) is 5.44. The van der Waals surface area contributed by atoms with Gasteiger partial charge in [0.05, 0.1) is 5.02 Å². The topological polar surface area (TPSA) is 98.3 Å². The molecule has 104 valence electrons. The zero-order valence-corrected chi connectivity index (χ0v) is 11.7. The van der Waals surface area contributed by atoms with Crippen LogP contribution in [-0.2, 0) is 0 Å². The fraction of sp³-hybridized carbons (Fsp3) is 0.0833. The molecule has 0 spiro atoms. The summed E-state index contributed by atoms with van der Waals surface area (Å²) in [7, 11) is 0. The van der Waals surface area contributed by atoms with E-state index in [0.717, 1.165) is 0 Å². The molecule has 1 aromatic heterocycles. The first-order valence-corrected chi connectivity index (χ1v) is 6.19. The molecule has 20 heavy (non-hydrogen) atoms. The number of phenolic OH excluding ortho intramolecular Hbond substituents is 1. The highest BCUT2D eigenvalue weighted by molar-refractivity contribution is 6.36. The van der Waals surface area contributed by atoms with Crippen LogP contribution in [0.25, 0.3) is 0 Å². The smallest absolute Gasteiger partial charge is 0.326 e. The van der Waals surface area contributed by atoms with E-state index in [1.807, 2.05) is 0 Å². The molecule has 1 aromatic carbocycles. The Morgan fingerprint density at radius 1 is 1.25 bits per heavy atom. The fourth-order valence-electron chi connectivity index (χ4n) is 1.57. The fourth-order valence-corrected chi connectivity index (χ4v) is 2.08. The molecule has 0 unspecified atom stereocenters. The van der Waals surface area contributed by atoms with Crippen molar-refractivity contribution in [3.8, 4) is 5.75 Å². The highest BCUT2D eigenvalue weighted by Gasteiger charge is 2.07. The van der Waals surface area contributed by atoms with Crippen molar-refractivity contribution in [3.63, 3.8) is 0 Å². The predicted octanol–water partition coefficient (Wildman–Crippen LogP) is 2.13. The van der Waals surface area contributed by atoms with E-state index in [0.29, 0.717) is 10.7 Å². The van der Waals surface area contributed by atoms with Crippen molar-refractivity contribution >= 4 is 35.1 Å². The zero-order chi connectivity index (χ0) is 14.9. The maximum absolute atomic E-state index is 11.6. The van der Waals surface area contributed by atoms with Gasteiger partial charge >= 0.3 is 5.69 Å². The summed E-state index contributed by atoms with van der Waals surface area (Å²) in [6.45, 7) is 1.54. The molecule has 6 nitrogen and oxygen atoms in total. The second-order valence-corrected chi connectivity index (χ2v) is 4.81. The molecule has 0 radical (unpaired) electrons. The van der Waals surface area contributed by atoms with Crippen LogP contribution in [0.2, 0.25) is 10.0 Å². The van der Waals surface area contributed by atoms with Crippen molar-refractivity contribution in [2.75, 3.05) is 0 Å². The Balaban J connectivity index is 2.50. The zero-order valence-electron chi connectivity index (χ0n) is 10.2. The molecule has 0 atom stereocenters. The highest BCUT2D eigenvalue weighted by atomic mass is 35.5. The first-order chi connectivity index (χ1) is 9.38. The second kappa shape index (κ2) is 5.52. The first kappa shape index (κ1) is 14.4. The van der Waals surface area contributed by atoms with Gasteiger partial charge in [-0.15, -0.1) is 0 Å². The maximum Gasteiger partial charge on any atom is 0.326 e. The quantitative estimate of drug-likeness (QED) is 0.741. The number of rotatable bonds is 2. The molecule has 0 aliphatic heterocycles. The second-order valence-electron chi connectivity index (χ2n) is 3.97. The SMILES string of the molecule is Cc1[nH]c(=O)[nH]c(=O)c1N=Cc1cc(Cl)cc(Cl)c1O. The number of nitrogens with one attached hydrogen (secondary N) is 2. The molecule has 0 saturated carbocycles. The molecule has 0 aliphatic rings. The summed E-state index contributed by atoms with van der Waals surface area (Å²) in [6, 6.07) is 2.83. The lowest BCUT2D eigenvalue weighted by Crippen LogP contribution is -2.22. The molecule has 0 aliphatic carbocycles. The molecule has 0 amide bonds. The maximum atomic E-state index is 11.6. The predicted molar refractivity (Wildman–Crippen MR) is 77.8 cm³/mol. The minimum Gasteiger partial charge on any atom is -0.506 e. The Labute approximate surface area is 122 Å². The summed E-state index contributed by atoms with van der Waals surface area (Å²) in [5.41, 5.74) is -0.648. The van der Waals surface area contributed by atoms with Gasteiger partial charge in [-0.3, -0.25) is 9.78 Å². The molecule has 0 fully saturated rings. The molecule has 3 N–H and O–H groups in total. The number of phenols is 1. The van der Waals surface area contributed by atoms with Crippen LogP contribution in [0.4, 0.5) is 5.69 Å². The van der Waals surface area contributed by atoms with Gasteiger partial charge in [-0.05, 0) is 19.1 Å². The normalized spacial score (nSPS) is 11.2. The lowest BCUT2D eigenvalue weighted by Gasteiger charge is -2.02. The number of hydrogen-bond acceptors (Lipinski definition) is 4. The van der Waals surface area contributed by atoms with E-state index in [1.54, 1.807) is 0 Å². The van der Waals surface area contributed by atoms with Crippen LogP contribution in [0.3, 0.4) is 0 Å². The third-order valence-corrected chi connectivity index (χ3v) is 3.00. The van der Waals surface area contributed by atoms with Gasteiger partial charge in [-0.2, -0.15) is 0 Å². The Hall–Kier alpha value is -2.05. The van der Waals surface area contributed by atoms with Crippen molar-refractivity contribution in [1.29, 1.82) is 0 Å². The van der Waals surface area contributed by atoms with Crippen molar-refractivity contribution in [1.82, 2.24) is 9.97 Å². The van der Waals surface area contributed by atoms with Gasteiger partial charge in [0.25, 0.3) is 5.56 Å². The number of halogens is 2. The lowest BCUT2D eigenvalue weighted by molar-refractivity contribution is 0.475. The average Bonchev–Trinajstić information content (AvgIpc) is 2.33. The van der Waals surface area contributed by atoms with Gasteiger partial charge in [-0.1, -0.05) is 23.2 Å². The average molecular weight is 314 g/mol. The number of aromatic amines is 2. The molecule has 8 heteroatoms. The van der Waals surface area contributed by atoms with Crippen LogP contribution >= 0.6 is 23.2 Å². The van der Waals surface area contributed by atoms with Crippen LogP contribution in [-0.4, -0.2) is 21.3 Å². The lowest BCUT2D eigenvalue weighted by atomic mass is 10.2. The number of aromatic hydroxyl groups is 1. The van der Waals surface area contributed by atoms with E-state index in [9.17, 15) is 14.7 Å². The number of aryl methyl sites for hydroxylation is 1. The van der Waals surface area contributed by atoms with Crippen LogP contribution in [0.1, 0.15) is 11.3 Å². The number of aliphatic imine (C=N–C) groups is 1.